The summed E-state index contributed by atoms with van der Waals surface area (Å²) in [6.45, 7) is 6.44. The van der Waals surface area contributed by atoms with E-state index in [1.54, 1.807) is 0 Å². The lowest BCUT2D eigenvalue weighted by Gasteiger charge is -2.18. The first kappa shape index (κ1) is 13.1. The van der Waals surface area contributed by atoms with E-state index in [1.165, 1.54) is 17.3 Å². The molecule has 0 saturated carbocycles. The van der Waals surface area contributed by atoms with Gasteiger partial charge in [0.05, 0.1) is 5.56 Å². The van der Waals surface area contributed by atoms with Gasteiger partial charge in [0.15, 0.2) is 0 Å². The van der Waals surface area contributed by atoms with Gasteiger partial charge in [0, 0.05) is 0 Å². The van der Waals surface area contributed by atoms with Crippen molar-refractivity contribution < 1.29 is 9.53 Å². The molecule has 1 aromatic rings. The molecule has 0 atom stereocenters. The van der Waals surface area contributed by atoms with E-state index in [2.05, 4.69) is 20.8 Å². The third-order valence-electron chi connectivity index (χ3n) is 2.29. The van der Waals surface area contributed by atoms with Gasteiger partial charge in [0.2, 0.25) is 0 Å². The van der Waals surface area contributed by atoms with E-state index < -0.39 is 0 Å². The highest BCUT2D eigenvalue weighted by Gasteiger charge is 2.14. The standard InChI is InChI=1S/C13H18O2S/c1-13(2,3)11-7-5-10(6-8-11)12(14)15-9-16-4/h5-8H,9H2,1-4H3. The summed E-state index contributed by atoms with van der Waals surface area (Å²) >= 11 is 1.49. The largest absolute Gasteiger partial charge is 0.451 e. The zero-order valence-corrected chi connectivity index (χ0v) is 11.1. The van der Waals surface area contributed by atoms with Gasteiger partial charge < -0.3 is 4.74 Å². The summed E-state index contributed by atoms with van der Waals surface area (Å²) < 4.78 is 5.03. The predicted octanol–water partition coefficient (Wildman–Crippen LogP) is 3.46. The first-order valence-electron chi connectivity index (χ1n) is 5.22. The number of hydrogen-bond acceptors (Lipinski definition) is 3. The summed E-state index contributed by atoms with van der Waals surface area (Å²) in [5.41, 5.74) is 1.94. The second kappa shape index (κ2) is 5.39. The minimum atomic E-state index is -0.255. The molecular formula is C13H18O2S. The molecule has 0 aliphatic heterocycles. The fourth-order valence-corrected chi connectivity index (χ4v) is 1.53. The Morgan fingerprint density at radius 1 is 1.25 bits per heavy atom. The molecule has 0 radical (unpaired) electrons. The van der Waals surface area contributed by atoms with Crippen molar-refractivity contribution in [1.82, 2.24) is 0 Å². The predicted molar refractivity (Wildman–Crippen MR) is 68.9 cm³/mol. The zero-order valence-electron chi connectivity index (χ0n) is 10.2. The second-order valence-corrected chi connectivity index (χ2v) is 5.48. The summed E-state index contributed by atoms with van der Waals surface area (Å²) in [7, 11) is 0. The smallest absolute Gasteiger partial charge is 0.338 e. The molecule has 0 aliphatic rings. The average Bonchev–Trinajstić information content (AvgIpc) is 2.25. The lowest BCUT2D eigenvalue weighted by Crippen LogP contribution is -2.11. The molecule has 0 amide bonds. The van der Waals surface area contributed by atoms with Gasteiger partial charge in [-0.3, -0.25) is 0 Å². The fraction of sp³-hybridized carbons (Fsp3) is 0.462. The van der Waals surface area contributed by atoms with Crippen LogP contribution in [0.4, 0.5) is 0 Å². The number of benzene rings is 1. The fourth-order valence-electron chi connectivity index (χ4n) is 1.30. The molecule has 0 saturated heterocycles. The third kappa shape index (κ3) is 3.56. The molecule has 0 unspecified atom stereocenters. The molecule has 16 heavy (non-hydrogen) atoms. The van der Waals surface area contributed by atoms with Crippen molar-refractivity contribution in [3.63, 3.8) is 0 Å². The third-order valence-corrected chi connectivity index (χ3v) is 2.65. The van der Waals surface area contributed by atoms with Gasteiger partial charge in [-0.2, -0.15) is 0 Å². The summed E-state index contributed by atoms with van der Waals surface area (Å²) in [4.78, 5) is 11.5. The number of ether oxygens (including phenoxy) is 1. The van der Waals surface area contributed by atoms with Crippen molar-refractivity contribution in [3.8, 4) is 0 Å². The minimum Gasteiger partial charge on any atom is -0.451 e. The molecule has 1 aromatic carbocycles. The number of hydrogen-bond donors (Lipinski definition) is 0. The number of carbonyl (C=O) groups is 1. The second-order valence-electron chi connectivity index (χ2n) is 4.67. The quantitative estimate of drug-likeness (QED) is 0.596. The highest BCUT2D eigenvalue weighted by molar-refractivity contribution is 7.98. The van der Waals surface area contributed by atoms with Crippen LogP contribution in [0, 0.1) is 0 Å². The minimum absolute atomic E-state index is 0.113. The molecule has 0 aromatic heterocycles. The van der Waals surface area contributed by atoms with Crippen molar-refractivity contribution in [2.45, 2.75) is 26.2 Å². The van der Waals surface area contributed by atoms with Gasteiger partial charge in [-0.15, -0.1) is 11.8 Å². The molecule has 3 heteroatoms. The Morgan fingerprint density at radius 3 is 2.25 bits per heavy atom. The van der Waals surface area contributed by atoms with E-state index in [4.69, 9.17) is 4.74 Å². The Hall–Kier alpha value is -0.960. The maximum Gasteiger partial charge on any atom is 0.338 e. The van der Waals surface area contributed by atoms with Crippen LogP contribution in [0.2, 0.25) is 0 Å². The monoisotopic (exact) mass is 238 g/mol. The Balaban J connectivity index is 2.75. The molecule has 88 valence electrons. The van der Waals surface area contributed by atoms with Crippen LogP contribution in [0.15, 0.2) is 24.3 Å². The van der Waals surface area contributed by atoms with E-state index in [0.717, 1.165) is 0 Å². The lowest BCUT2D eigenvalue weighted by molar-refractivity contribution is 0.0579. The van der Waals surface area contributed by atoms with Gasteiger partial charge in [-0.05, 0) is 29.4 Å². The van der Waals surface area contributed by atoms with Gasteiger partial charge >= 0.3 is 5.97 Å². The van der Waals surface area contributed by atoms with Crippen LogP contribution >= 0.6 is 11.8 Å². The van der Waals surface area contributed by atoms with E-state index in [-0.39, 0.29) is 11.4 Å². The molecule has 2 nitrogen and oxygen atoms in total. The summed E-state index contributed by atoms with van der Waals surface area (Å²) in [6, 6.07) is 7.61. The van der Waals surface area contributed by atoms with E-state index in [1.807, 2.05) is 30.5 Å². The lowest BCUT2D eigenvalue weighted by atomic mass is 9.87. The van der Waals surface area contributed by atoms with Crippen LogP contribution in [0.5, 0.6) is 0 Å². The highest BCUT2D eigenvalue weighted by Crippen LogP contribution is 2.22. The van der Waals surface area contributed by atoms with Crippen molar-refractivity contribution >= 4 is 17.7 Å². The highest BCUT2D eigenvalue weighted by atomic mass is 32.2. The normalized spacial score (nSPS) is 11.2. The molecule has 1 rings (SSSR count). The number of esters is 1. The van der Waals surface area contributed by atoms with Crippen molar-refractivity contribution in [3.05, 3.63) is 35.4 Å². The summed E-state index contributed by atoms with van der Waals surface area (Å²) in [5.74, 6) is 0.148. The Kier molecular flexibility index (Phi) is 4.42. The Morgan fingerprint density at radius 2 is 1.81 bits per heavy atom. The summed E-state index contributed by atoms with van der Waals surface area (Å²) in [6.07, 6.45) is 1.90. The molecular weight excluding hydrogens is 220 g/mol. The van der Waals surface area contributed by atoms with Crippen molar-refractivity contribution in [2.75, 3.05) is 12.2 Å². The van der Waals surface area contributed by atoms with E-state index >= 15 is 0 Å². The van der Waals surface area contributed by atoms with Crippen molar-refractivity contribution in [1.29, 1.82) is 0 Å². The van der Waals surface area contributed by atoms with Gasteiger partial charge in [0.1, 0.15) is 5.94 Å². The van der Waals surface area contributed by atoms with E-state index in [9.17, 15) is 4.79 Å². The number of rotatable bonds is 3. The van der Waals surface area contributed by atoms with Gasteiger partial charge in [-0.1, -0.05) is 32.9 Å². The Labute approximate surface area is 101 Å². The van der Waals surface area contributed by atoms with Crippen LogP contribution < -0.4 is 0 Å². The number of carbonyl (C=O) groups excluding carboxylic acids is 1. The van der Waals surface area contributed by atoms with Crippen molar-refractivity contribution in [2.24, 2.45) is 0 Å². The molecule has 0 bridgehead atoms. The molecule has 0 heterocycles. The Bertz CT molecular complexity index is 349. The van der Waals surface area contributed by atoms with Crippen LogP contribution in [0.25, 0.3) is 0 Å². The molecule has 0 spiro atoms. The van der Waals surface area contributed by atoms with Crippen LogP contribution in [0.3, 0.4) is 0 Å². The maximum atomic E-state index is 11.5. The molecule has 0 aliphatic carbocycles. The van der Waals surface area contributed by atoms with E-state index in [0.29, 0.717) is 11.5 Å². The van der Waals surface area contributed by atoms with Crippen LogP contribution in [-0.4, -0.2) is 18.2 Å². The van der Waals surface area contributed by atoms with Crippen LogP contribution in [-0.2, 0) is 10.2 Å². The van der Waals surface area contributed by atoms with Gasteiger partial charge in [-0.25, -0.2) is 4.79 Å². The average molecular weight is 238 g/mol. The number of thioether (sulfide) groups is 1. The molecule has 0 N–H and O–H groups in total. The SMILES string of the molecule is CSCOC(=O)c1ccc(C(C)(C)C)cc1. The topological polar surface area (TPSA) is 26.3 Å². The molecule has 0 fully saturated rings. The van der Waals surface area contributed by atoms with Gasteiger partial charge in [0.25, 0.3) is 0 Å². The summed E-state index contributed by atoms with van der Waals surface area (Å²) in [5, 5.41) is 0. The first-order valence-corrected chi connectivity index (χ1v) is 6.61. The maximum absolute atomic E-state index is 11.5. The first-order chi connectivity index (χ1) is 7.45. The zero-order chi connectivity index (χ0) is 12.2. The van der Waals surface area contributed by atoms with Crippen LogP contribution in [0.1, 0.15) is 36.7 Å².